The summed E-state index contributed by atoms with van der Waals surface area (Å²) in [6.07, 6.45) is 4.15. The van der Waals surface area contributed by atoms with Crippen LogP contribution in [0.25, 0.3) is 11.3 Å². The average molecular weight is 703 g/mol. The van der Waals surface area contributed by atoms with Crippen LogP contribution in [-0.4, -0.2) is 93.2 Å². The zero-order valence-electron chi connectivity index (χ0n) is 29.6. The lowest BCUT2D eigenvalue weighted by molar-refractivity contribution is 0.0193. The third-order valence-corrected chi connectivity index (χ3v) is 10.4. The molecule has 0 bridgehead atoms. The summed E-state index contributed by atoms with van der Waals surface area (Å²) < 4.78 is 21.3. The van der Waals surface area contributed by atoms with Crippen LogP contribution in [0.5, 0.6) is 17.2 Å². The number of aryl methyl sites for hydroxylation is 1. The van der Waals surface area contributed by atoms with E-state index in [2.05, 4.69) is 28.2 Å². The number of fused-ring (bicyclic) bond motifs is 2. The molecule has 0 saturated carbocycles. The van der Waals surface area contributed by atoms with Crippen LogP contribution in [0.3, 0.4) is 0 Å². The monoisotopic (exact) mass is 702 g/mol. The van der Waals surface area contributed by atoms with Crippen LogP contribution in [0.2, 0.25) is 0 Å². The van der Waals surface area contributed by atoms with E-state index in [4.69, 9.17) is 14.2 Å². The Labute approximate surface area is 302 Å². The fraction of sp³-hybridized carbons (Fsp3) is 0.325. The number of aromatic hydroxyl groups is 1. The Morgan fingerprint density at radius 3 is 2.31 bits per heavy atom. The molecule has 1 N–H and O–H groups in total. The lowest BCUT2D eigenvalue weighted by atomic mass is 9.92. The predicted octanol–water partition coefficient (Wildman–Crippen LogP) is 5.09. The predicted molar refractivity (Wildman–Crippen MR) is 195 cm³/mol. The van der Waals surface area contributed by atoms with Gasteiger partial charge in [0.2, 0.25) is 0 Å². The van der Waals surface area contributed by atoms with Crippen molar-refractivity contribution in [2.75, 3.05) is 51.0 Å². The zero-order valence-corrected chi connectivity index (χ0v) is 29.6. The summed E-state index contributed by atoms with van der Waals surface area (Å²) >= 11 is 0. The highest BCUT2D eigenvalue weighted by atomic mass is 16.6. The molecule has 12 nitrogen and oxygen atoms in total. The van der Waals surface area contributed by atoms with Gasteiger partial charge in [0.25, 0.3) is 11.8 Å². The number of hydrogen-bond donors (Lipinski definition) is 1. The zero-order chi connectivity index (χ0) is 35.9. The lowest BCUT2D eigenvalue weighted by Gasteiger charge is -2.40. The van der Waals surface area contributed by atoms with Gasteiger partial charge in [-0.3, -0.25) is 24.1 Å². The van der Waals surface area contributed by atoms with E-state index in [1.54, 1.807) is 59.4 Å². The number of amides is 2. The molecule has 1 saturated heterocycles. The quantitative estimate of drug-likeness (QED) is 0.250. The molecule has 3 aliphatic rings. The molecule has 268 valence electrons. The van der Waals surface area contributed by atoms with E-state index in [9.17, 15) is 9.90 Å². The summed E-state index contributed by atoms with van der Waals surface area (Å²) in [4.78, 5) is 35.6. The van der Waals surface area contributed by atoms with E-state index in [1.165, 1.54) is 5.56 Å². The van der Waals surface area contributed by atoms with E-state index < -0.39 is 0 Å². The first-order valence-electron chi connectivity index (χ1n) is 17.7. The maximum absolute atomic E-state index is 15.1. The molecule has 5 heterocycles. The van der Waals surface area contributed by atoms with E-state index >= 15 is 4.79 Å². The molecular weight excluding hydrogens is 660 g/mol. The van der Waals surface area contributed by atoms with Gasteiger partial charge in [-0.05, 0) is 66.9 Å². The summed E-state index contributed by atoms with van der Waals surface area (Å²) in [5.74, 6) is 0.798. The molecule has 0 radical (unpaired) electrons. The molecule has 52 heavy (non-hydrogen) atoms. The first kappa shape index (κ1) is 33.5. The number of carbonyl (C=O) groups is 2. The Kier molecular flexibility index (Phi) is 8.94. The minimum absolute atomic E-state index is 0.0489. The Balaban J connectivity index is 1.21. The van der Waals surface area contributed by atoms with Gasteiger partial charge < -0.3 is 28.8 Å². The topological polar surface area (TPSA) is 115 Å². The van der Waals surface area contributed by atoms with Crippen LogP contribution < -0.4 is 14.4 Å². The van der Waals surface area contributed by atoms with Crippen molar-refractivity contribution in [1.82, 2.24) is 24.1 Å². The molecule has 8 rings (SSSR count). The molecule has 0 aliphatic carbocycles. The number of nitrogens with zero attached hydrogens (tertiary/aromatic N) is 6. The van der Waals surface area contributed by atoms with Crippen molar-refractivity contribution in [3.05, 3.63) is 107 Å². The molecule has 1 atom stereocenters. The summed E-state index contributed by atoms with van der Waals surface area (Å²) in [6.45, 7) is 6.93. The number of ether oxygens (including phenoxy) is 3. The van der Waals surface area contributed by atoms with Crippen LogP contribution in [0.15, 0.2) is 79.1 Å². The van der Waals surface area contributed by atoms with E-state index in [1.807, 2.05) is 41.6 Å². The van der Waals surface area contributed by atoms with Crippen molar-refractivity contribution >= 4 is 23.2 Å². The fourth-order valence-electron chi connectivity index (χ4n) is 7.51. The Morgan fingerprint density at radius 2 is 1.60 bits per heavy atom. The van der Waals surface area contributed by atoms with Gasteiger partial charge in [0.15, 0.2) is 11.5 Å². The maximum Gasteiger partial charge on any atom is 0.264 e. The highest BCUT2D eigenvalue weighted by Gasteiger charge is 2.35. The first-order chi connectivity index (χ1) is 25.2. The minimum atomic E-state index is -0.276. The van der Waals surface area contributed by atoms with Crippen LogP contribution in [0.4, 0.5) is 11.4 Å². The van der Waals surface area contributed by atoms with Gasteiger partial charge in [-0.25, -0.2) is 0 Å². The van der Waals surface area contributed by atoms with Crippen LogP contribution in [-0.2, 0) is 31.8 Å². The number of rotatable bonds is 7. The molecule has 0 spiro atoms. The van der Waals surface area contributed by atoms with E-state index in [0.29, 0.717) is 78.2 Å². The summed E-state index contributed by atoms with van der Waals surface area (Å²) in [6, 6.07) is 20.3. The fourth-order valence-corrected chi connectivity index (χ4v) is 7.51. The second kappa shape index (κ2) is 13.9. The van der Waals surface area contributed by atoms with Gasteiger partial charge in [0.05, 0.1) is 36.2 Å². The SMILES string of the molecule is Cc1c(C(=O)N(c2ccc(O)cc2)c2cnn(C)c2)cc(-c2cc3c(cc2C(=O)N2Cc4ccccc4C[C@H]2CN2CCOCC2)OCCO3)n1C. The average Bonchev–Trinajstić information content (AvgIpc) is 3.72. The van der Waals surface area contributed by atoms with Crippen molar-refractivity contribution in [3.63, 3.8) is 0 Å². The molecule has 2 aromatic heterocycles. The van der Waals surface area contributed by atoms with Gasteiger partial charge in [-0.2, -0.15) is 5.10 Å². The molecule has 2 amide bonds. The van der Waals surface area contributed by atoms with Crippen molar-refractivity contribution in [3.8, 4) is 28.5 Å². The summed E-state index contributed by atoms with van der Waals surface area (Å²) in [5, 5.41) is 14.3. The Hall–Kier alpha value is -5.59. The molecule has 5 aromatic rings. The number of anilines is 2. The number of morpholine rings is 1. The second-order valence-electron chi connectivity index (χ2n) is 13.6. The number of benzene rings is 3. The smallest absolute Gasteiger partial charge is 0.264 e. The molecule has 1 fully saturated rings. The first-order valence-corrected chi connectivity index (χ1v) is 17.7. The van der Waals surface area contributed by atoms with Crippen molar-refractivity contribution in [2.24, 2.45) is 14.1 Å². The van der Waals surface area contributed by atoms with Crippen LogP contribution >= 0.6 is 0 Å². The van der Waals surface area contributed by atoms with Crippen molar-refractivity contribution in [1.29, 1.82) is 0 Å². The highest BCUT2D eigenvalue weighted by molar-refractivity contribution is 6.12. The third kappa shape index (κ3) is 6.28. The Morgan fingerprint density at radius 1 is 0.885 bits per heavy atom. The standard InChI is InChI=1S/C40H42N6O6/c1-26-33(40(49)46(31-22-41-42(2)24-31)29-8-10-32(47)11-9-29)19-36(43(26)3)34-20-37-38(52-17-16-51-37)21-35(34)39(48)45-23-28-7-5-4-6-27(28)18-30(45)25-44-12-14-50-15-13-44/h4-11,19-22,24,30,47H,12-18,23,25H2,1-3H3/t30-/m0/s1. The maximum atomic E-state index is 15.1. The van der Waals surface area contributed by atoms with Crippen molar-refractivity contribution < 1.29 is 28.9 Å². The van der Waals surface area contributed by atoms with Gasteiger partial charge in [-0.1, -0.05) is 24.3 Å². The van der Waals surface area contributed by atoms with E-state index in [-0.39, 0.29) is 23.6 Å². The normalized spacial score (nSPS) is 17.1. The molecule has 0 unspecified atom stereocenters. The van der Waals surface area contributed by atoms with Crippen LogP contribution in [0, 0.1) is 6.92 Å². The number of carbonyl (C=O) groups excluding carboxylic acids is 2. The largest absolute Gasteiger partial charge is 0.508 e. The molecule has 12 heteroatoms. The van der Waals surface area contributed by atoms with Gasteiger partial charge in [-0.15, -0.1) is 0 Å². The van der Waals surface area contributed by atoms with Gasteiger partial charge in [0.1, 0.15) is 19.0 Å². The lowest BCUT2D eigenvalue weighted by Crippen LogP contribution is -2.52. The van der Waals surface area contributed by atoms with Crippen LogP contribution in [0.1, 0.15) is 37.5 Å². The Bertz CT molecular complexity index is 2130. The van der Waals surface area contributed by atoms with Crippen molar-refractivity contribution in [2.45, 2.75) is 25.9 Å². The molecule has 3 aromatic carbocycles. The summed E-state index contributed by atoms with van der Waals surface area (Å²) in [7, 11) is 3.70. The molecule has 3 aliphatic heterocycles. The number of phenolic OH excluding ortho intramolecular Hbond substituents is 1. The number of aromatic nitrogens is 3. The highest BCUT2D eigenvalue weighted by Crippen LogP contribution is 2.41. The summed E-state index contributed by atoms with van der Waals surface area (Å²) in [5.41, 5.74) is 6.57. The molecular formula is C40H42N6O6. The van der Waals surface area contributed by atoms with E-state index in [0.717, 1.165) is 37.3 Å². The second-order valence-corrected chi connectivity index (χ2v) is 13.6. The third-order valence-electron chi connectivity index (χ3n) is 10.4. The number of hydrogen-bond acceptors (Lipinski definition) is 8. The number of phenols is 1. The van der Waals surface area contributed by atoms with Gasteiger partial charge in [0, 0.05) is 75.2 Å². The minimum Gasteiger partial charge on any atom is -0.508 e. The van der Waals surface area contributed by atoms with Gasteiger partial charge >= 0.3 is 0 Å².